The molecule has 4 nitrogen and oxygen atoms in total. The van der Waals surface area contributed by atoms with Crippen LogP contribution in [0.15, 0.2) is 24.3 Å². The van der Waals surface area contributed by atoms with Gasteiger partial charge in [-0.2, -0.15) is 0 Å². The first kappa shape index (κ1) is 9.67. The molecule has 0 unspecified atom stereocenters. The van der Waals surface area contributed by atoms with Gasteiger partial charge in [0.05, 0.1) is 10.2 Å². The lowest BCUT2D eigenvalue weighted by Crippen LogP contribution is -2.04. The number of nitrogens with zero attached hydrogens (tertiary/aromatic N) is 1. The first-order chi connectivity index (χ1) is 7.15. The smallest absolute Gasteiger partial charge is 0.241 e. The lowest BCUT2D eigenvalue weighted by molar-refractivity contribution is -0.113. The Morgan fingerprint density at radius 2 is 2.27 bits per heavy atom. The van der Waals surface area contributed by atoms with Crippen LogP contribution in [0, 0.1) is 0 Å². The van der Waals surface area contributed by atoms with Gasteiger partial charge in [0.15, 0.2) is 5.13 Å². The van der Waals surface area contributed by atoms with E-state index in [0.717, 1.165) is 15.8 Å². The van der Waals surface area contributed by atoms with Crippen molar-refractivity contribution in [3.05, 3.63) is 29.8 Å². The van der Waals surface area contributed by atoms with Gasteiger partial charge in [0, 0.05) is 6.08 Å². The van der Waals surface area contributed by atoms with Crippen molar-refractivity contribution in [3.63, 3.8) is 0 Å². The molecular formula is C10H9N3OS. The van der Waals surface area contributed by atoms with E-state index >= 15 is 0 Å². The van der Waals surface area contributed by atoms with Crippen molar-refractivity contribution in [2.45, 2.75) is 0 Å². The maximum atomic E-state index is 10.5. The number of amides is 1. The Balaban J connectivity index is 2.42. The van der Waals surface area contributed by atoms with Crippen LogP contribution in [0.2, 0.25) is 0 Å². The number of hydrogen-bond donors (Lipinski definition) is 2. The second-order valence-electron chi connectivity index (χ2n) is 3.01. The van der Waals surface area contributed by atoms with E-state index in [0.29, 0.717) is 5.13 Å². The molecule has 0 saturated heterocycles. The van der Waals surface area contributed by atoms with Gasteiger partial charge in [0.25, 0.3) is 0 Å². The molecule has 15 heavy (non-hydrogen) atoms. The lowest BCUT2D eigenvalue weighted by atomic mass is 10.2. The zero-order chi connectivity index (χ0) is 10.8. The zero-order valence-electron chi connectivity index (χ0n) is 7.81. The van der Waals surface area contributed by atoms with Gasteiger partial charge in [-0.25, -0.2) is 4.98 Å². The number of fused-ring (bicyclic) bond motifs is 1. The van der Waals surface area contributed by atoms with Gasteiger partial charge in [0.1, 0.15) is 0 Å². The minimum absolute atomic E-state index is 0.459. The van der Waals surface area contributed by atoms with Crippen LogP contribution >= 0.6 is 11.3 Å². The molecule has 1 heterocycles. The molecule has 1 aromatic heterocycles. The molecule has 0 bridgehead atoms. The van der Waals surface area contributed by atoms with Crippen LogP contribution < -0.4 is 11.5 Å². The van der Waals surface area contributed by atoms with E-state index in [1.165, 1.54) is 17.4 Å². The van der Waals surface area contributed by atoms with Crippen LogP contribution in [0.5, 0.6) is 0 Å². The lowest BCUT2D eigenvalue weighted by Gasteiger charge is -1.91. The van der Waals surface area contributed by atoms with E-state index in [2.05, 4.69) is 4.98 Å². The molecule has 2 aromatic rings. The molecule has 0 saturated carbocycles. The van der Waals surface area contributed by atoms with Gasteiger partial charge in [-0.3, -0.25) is 4.79 Å². The number of nitrogen functional groups attached to an aromatic ring is 1. The maximum Gasteiger partial charge on any atom is 0.241 e. The average Bonchev–Trinajstić information content (AvgIpc) is 2.53. The van der Waals surface area contributed by atoms with E-state index in [4.69, 9.17) is 11.5 Å². The van der Waals surface area contributed by atoms with E-state index in [1.807, 2.05) is 18.2 Å². The predicted molar refractivity (Wildman–Crippen MR) is 62.3 cm³/mol. The molecule has 5 heteroatoms. The van der Waals surface area contributed by atoms with Crippen molar-refractivity contribution in [2.75, 3.05) is 5.73 Å². The largest absolute Gasteiger partial charge is 0.375 e. The maximum absolute atomic E-state index is 10.5. The molecule has 0 atom stereocenters. The summed E-state index contributed by atoms with van der Waals surface area (Å²) in [6.45, 7) is 0. The highest BCUT2D eigenvalue weighted by Crippen LogP contribution is 2.24. The minimum Gasteiger partial charge on any atom is -0.375 e. The number of rotatable bonds is 2. The summed E-state index contributed by atoms with van der Waals surface area (Å²) in [5.41, 5.74) is 12.4. The van der Waals surface area contributed by atoms with E-state index in [9.17, 15) is 4.79 Å². The number of primary amides is 1. The van der Waals surface area contributed by atoms with Crippen LogP contribution in [0.1, 0.15) is 5.56 Å². The fourth-order valence-electron chi connectivity index (χ4n) is 1.24. The molecule has 0 aliphatic carbocycles. The Morgan fingerprint density at radius 3 is 3.00 bits per heavy atom. The molecule has 4 N–H and O–H groups in total. The molecule has 1 amide bonds. The Kier molecular flexibility index (Phi) is 2.39. The summed E-state index contributed by atoms with van der Waals surface area (Å²) in [5.74, 6) is -0.459. The standard InChI is InChI=1S/C10H9N3OS/c11-9(14)4-2-6-1-3-7-8(5-6)15-10(12)13-7/h1-5H,(H2,11,14)(H2,12,13). The second kappa shape index (κ2) is 3.70. The third-order valence-electron chi connectivity index (χ3n) is 1.87. The molecule has 1 aromatic carbocycles. The molecule has 0 aliphatic rings. The summed E-state index contributed by atoms with van der Waals surface area (Å²) in [5, 5.41) is 0.543. The molecule has 2 rings (SSSR count). The highest BCUT2D eigenvalue weighted by Gasteiger charge is 2.00. The zero-order valence-corrected chi connectivity index (χ0v) is 8.62. The first-order valence-electron chi connectivity index (χ1n) is 4.29. The summed E-state index contributed by atoms with van der Waals surface area (Å²) in [7, 11) is 0. The normalized spacial score (nSPS) is 11.2. The Morgan fingerprint density at radius 1 is 1.47 bits per heavy atom. The van der Waals surface area contributed by atoms with Crippen LogP contribution in [-0.2, 0) is 4.79 Å². The van der Waals surface area contributed by atoms with Crippen molar-refractivity contribution in [1.29, 1.82) is 0 Å². The van der Waals surface area contributed by atoms with Crippen LogP contribution in [-0.4, -0.2) is 10.9 Å². The van der Waals surface area contributed by atoms with E-state index in [-0.39, 0.29) is 0 Å². The van der Waals surface area contributed by atoms with Gasteiger partial charge < -0.3 is 11.5 Å². The predicted octanol–water partition coefficient (Wildman–Crippen LogP) is 1.38. The summed E-state index contributed by atoms with van der Waals surface area (Å²) in [6.07, 6.45) is 2.99. The fourth-order valence-corrected chi connectivity index (χ4v) is 2.02. The Hall–Kier alpha value is -1.88. The SMILES string of the molecule is NC(=O)C=Cc1ccc2nc(N)sc2c1. The monoisotopic (exact) mass is 219 g/mol. The number of aromatic nitrogens is 1. The second-order valence-corrected chi connectivity index (χ2v) is 4.08. The molecule has 0 radical (unpaired) electrons. The number of carbonyl (C=O) groups excluding carboxylic acids is 1. The average molecular weight is 219 g/mol. The van der Waals surface area contributed by atoms with Gasteiger partial charge in [-0.15, -0.1) is 0 Å². The number of anilines is 1. The molecular weight excluding hydrogens is 210 g/mol. The van der Waals surface area contributed by atoms with Crippen molar-refractivity contribution < 1.29 is 4.79 Å². The van der Waals surface area contributed by atoms with Gasteiger partial charge in [-0.1, -0.05) is 17.4 Å². The Labute approximate surface area is 90.2 Å². The highest BCUT2D eigenvalue weighted by atomic mass is 32.1. The minimum atomic E-state index is -0.459. The van der Waals surface area contributed by atoms with Crippen LogP contribution in [0.4, 0.5) is 5.13 Å². The summed E-state index contributed by atoms with van der Waals surface area (Å²) >= 11 is 1.42. The van der Waals surface area contributed by atoms with Gasteiger partial charge in [0.2, 0.25) is 5.91 Å². The number of hydrogen-bond acceptors (Lipinski definition) is 4. The topological polar surface area (TPSA) is 82.0 Å². The highest BCUT2D eigenvalue weighted by molar-refractivity contribution is 7.22. The van der Waals surface area contributed by atoms with Crippen molar-refractivity contribution in [2.24, 2.45) is 5.73 Å². The van der Waals surface area contributed by atoms with Crippen molar-refractivity contribution in [3.8, 4) is 0 Å². The quantitative estimate of drug-likeness (QED) is 0.748. The fraction of sp³-hybridized carbons (Fsp3) is 0. The van der Waals surface area contributed by atoms with E-state index < -0.39 is 5.91 Å². The molecule has 0 fully saturated rings. The van der Waals surface area contributed by atoms with Crippen LogP contribution in [0.25, 0.3) is 16.3 Å². The van der Waals surface area contributed by atoms with Crippen LogP contribution in [0.3, 0.4) is 0 Å². The number of benzene rings is 1. The molecule has 0 aliphatic heterocycles. The third-order valence-corrected chi connectivity index (χ3v) is 2.72. The summed E-state index contributed by atoms with van der Waals surface area (Å²) in [6, 6.07) is 5.65. The van der Waals surface area contributed by atoms with Gasteiger partial charge >= 0.3 is 0 Å². The molecule has 0 spiro atoms. The first-order valence-corrected chi connectivity index (χ1v) is 5.10. The summed E-state index contributed by atoms with van der Waals surface area (Å²) in [4.78, 5) is 14.7. The van der Waals surface area contributed by atoms with Gasteiger partial charge in [-0.05, 0) is 23.8 Å². The number of thiazole rings is 1. The van der Waals surface area contributed by atoms with Crippen molar-refractivity contribution in [1.82, 2.24) is 4.98 Å². The number of nitrogens with two attached hydrogens (primary N) is 2. The van der Waals surface area contributed by atoms with E-state index in [1.54, 1.807) is 6.08 Å². The Bertz CT molecular complexity index is 545. The third kappa shape index (κ3) is 2.13. The van der Waals surface area contributed by atoms with Crippen molar-refractivity contribution >= 4 is 38.7 Å². The number of carbonyl (C=O) groups is 1. The molecule has 76 valence electrons. The summed E-state index contributed by atoms with van der Waals surface area (Å²) < 4.78 is 0.999.